The van der Waals surface area contributed by atoms with Crippen LogP contribution in [0.15, 0.2) is 18.5 Å². The van der Waals surface area contributed by atoms with Crippen molar-refractivity contribution in [1.82, 2.24) is 15.2 Å². The third-order valence-electron chi connectivity index (χ3n) is 2.45. The quantitative estimate of drug-likeness (QED) is 0.721. The number of carbonyl (C=O) groups is 2. The summed E-state index contributed by atoms with van der Waals surface area (Å²) in [7, 11) is 0. The van der Waals surface area contributed by atoms with Crippen molar-refractivity contribution in [3.63, 3.8) is 0 Å². The molecule has 0 radical (unpaired) electrons. The van der Waals surface area contributed by atoms with E-state index in [1.807, 2.05) is 6.92 Å². The molecule has 0 aliphatic carbocycles. The lowest BCUT2D eigenvalue weighted by Crippen LogP contribution is -2.50. The second-order valence-electron chi connectivity index (χ2n) is 3.83. The Morgan fingerprint density at radius 3 is 3.00 bits per heavy atom. The Kier molecular flexibility index (Phi) is 2.85. The minimum Gasteiger partial charge on any atom is -0.353 e. The van der Waals surface area contributed by atoms with Crippen LogP contribution in [0.3, 0.4) is 0 Å². The van der Waals surface area contributed by atoms with E-state index < -0.39 is 0 Å². The van der Waals surface area contributed by atoms with E-state index >= 15 is 0 Å². The maximum atomic E-state index is 12.0. The number of hydrogen-bond acceptors (Lipinski definition) is 3. The molecule has 1 aliphatic heterocycles. The molecule has 0 aromatic carbocycles. The highest BCUT2D eigenvalue weighted by atomic mass is 16.2. The third kappa shape index (κ3) is 2.18. The molecule has 1 N–H and O–H groups in total. The van der Waals surface area contributed by atoms with Gasteiger partial charge in [0.2, 0.25) is 5.91 Å². The van der Waals surface area contributed by atoms with Crippen molar-refractivity contribution in [2.45, 2.75) is 6.92 Å². The average Bonchev–Trinajstić information content (AvgIpc) is 2.28. The van der Waals surface area contributed by atoms with Gasteiger partial charge in [-0.05, 0) is 18.6 Å². The van der Waals surface area contributed by atoms with Crippen molar-refractivity contribution >= 4 is 11.8 Å². The average molecular weight is 219 g/mol. The number of nitrogens with zero attached hydrogens (tertiary/aromatic N) is 2. The number of nitrogens with one attached hydrogen (secondary N) is 1. The van der Waals surface area contributed by atoms with Crippen LogP contribution in [-0.2, 0) is 4.79 Å². The van der Waals surface area contributed by atoms with Gasteiger partial charge in [-0.2, -0.15) is 0 Å². The summed E-state index contributed by atoms with van der Waals surface area (Å²) in [5.74, 6) is -0.244. The van der Waals surface area contributed by atoms with Crippen LogP contribution in [0.2, 0.25) is 0 Å². The summed E-state index contributed by atoms with van der Waals surface area (Å²) in [6, 6.07) is 1.78. The molecule has 1 aromatic heterocycles. The summed E-state index contributed by atoms with van der Waals surface area (Å²) < 4.78 is 0. The van der Waals surface area contributed by atoms with Gasteiger partial charge in [0.05, 0.1) is 12.1 Å². The van der Waals surface area contributed by atoms with Gasteiger partial charge in [0.15, 0.2) is 0 Å². The van der Waals surface area contributed by atoms with Crippen molar-refractivity contribution in [2.24, 2.45) is 0 Å². The van der Waals surface area contributed by atoms with Crippen LogP contribution < -0.4 is 5.32 Å². The first-order valence-electron chi connectivity index (χ1n) is 5.14. The smallest absolute Gasteiger partial charge is 0.255 e. The van der Waals surface area contributed by atoms with Gasteiger partial charge < -0.3 is 10.2 Å². The zero-order chi connectivity index (χ0) is 11.5. The van der Waals surface area contributed by atoms with Crippen molar-refractivity contribution < 1.29 is 9.59 Å². The van der Waals surface area contributed by atoms with E-state index in [0.29, 0.717) is 18.7 Å². The number of rotatable bonds is 1. The Labute approximate surface area is 93.5 Å². The standard InChI is InChI=1S/C11H13N3O2/c1-8-4-9(6-12-5-8)11(16)14-3-2-13-10(15)7-14/h4-6H,2-3,7H2,1H3,(H,13,15). The highest BCUT2D eigenvalue weighted by Crippen LogP contribution is 2.06. The maximum Gasteiger partial charge on any atom is 0.255 e. The van der Waals surface area contributed by atoms with Crippen LogP contribution in [0.4, 0.5) is 0 Å². The Bertz CT molecular complexity index is 431. The molecule has 0 saturated carbocycles. The minimum atomic E-state index is -0.133. The van der Waals surface area contributed by atoms with E-state index in [2.05, 4.69) is 10.3 Å². The largest absolute Gasteiger partial charge is 0.353 e. The fourth-order valence-corrected chi connectivity index (χ4v) is 1.67. The molecule has 0 unspecified atom stereocenters. The highest BCUT2D eigenvalue weighted by Gasteiger charge is 2.22. The number of piperazine rings is 1. The van der Waals surface area contributed by atoms with Gasteiger partial charge in [0.25, 0.3) is 5.91 Å². The number of carbonyl (C=O) groups excluding carboxylic acids is 2. The van der Waals surface area contributed by atoms with Gasteiger partial charge in [-0.15, -0.1) is 0 Å². The lowest BCUT2D eigenvalue weighted by molar-refractivity contribution is -0.123. The number of hydrogen-bond donors (Lipinski definition) is 1. The van der Waals surface area contributed by atoms with E-state index in [1.165, 1.54) is 11.1 Å². The molecule has 1 fully saturated rings. The summed E-state index contributed by atoms with van der Waals surface area (Å²) in [5.41, 5.74) is 1.47. The van der Waals surface area contributed by atoms with Crippen molar-refractivity contribution in [1.29, 1.82) is 0 Å². The molecule has 16 heavy (non-hydrogen) atoms. The molecule has 2 heterocycles. The Balaban J connectivity index is 2.15. The van der Waals surface area contributed by atoms with Crippen LogP contribution in [-0.4, -0.2) is 41.3 Å². The molecule has 2 amide bonds. The molecule has 1 aliphatic rings. The van der Waals surface area contributed by atoms with Gasteiger partial charge in [-0.25, -0.2) is 0 Å². The van der Waals surface area contributed by atoms with Gasteiger partial charge >= 0.3 is 0 Å². The number of pyridine rings is 1. The lowest BCUT2D eigenvalue weighted by Gasteiger charge is -2.26. The Morgan fingerprint density at radius 2 is 2.31 bits per heavy atom. The zero-order valence-electron chi connectivity index (χ0n) is 9.06. The lowest BCUT2D eigenvalue weighted by atomic mass is 10.2. The summed E-state index contributed by atoms with van der Waals surface area (Å²) in [6.45, 7) is 3.09. The normalized spacial score (nSPS) is 15.8. The van der Waals surface area contributed by atoms with E-state index in [1.54, 1.807) is 12.3 Å². The van der Waals surface area contributed by atoms with Crippen molar-refractivity contribution in [3.8, 4) is 0 Å². The van der Waals surface area contributed by atoms with Gasteiger partial charge in [0, 0.05) is 25.5 Å². The first-order valence-corrected chi connectivity index (χ1v) is 5.14. The minimum absolute atomic E-state index is 0.111. The van der Waals surface area contributed by atoms with E-state index in [9.17, 15) is 9.59 Å². The summed E-state index contributed by atoms with van der Waals surface area (Å²) in [6.07, 6.45) is 3.22. The Hall–Kier alpha value is -1.91. The molecule has 84 valence electrons. The summed E-state index contributed by atoms with van der Waals surface area (Å²) in [5, 5.41) is 2.68. The van der Waals surface area contributed by atoms with Crippen molar-refractivity contribution in [3.05, 3.63) is 29.6 Å². The topological polar surface area (TPSA) is 62.3 Å². The second kappa shape index (κ2) is 4.30. The molecule has 0 bridgehead atoms. The summed E-state index contributed by atoms with van der Waals surface area (Å²) >= 11 is 0. The molecule has 1 aromatic rings. The molecular formula is C11H13N3O2. The molecule has 0 atom stereocenters. The van der Waals surface area contributed by atoms with E-state index in [4.69, 9.17) is 0 Å². The molecule has 2 rings (SSSR count). The van der Waals surface area contributed by atoms with Crippen LogP contribution in [0, 0.1) is 6.92 Å². The SMILES string of the molecule is Cc1cncc(C(=O)N2CCNC(=O)C2)c1. The Morgan fingerprint density at radius 1 is 1.50 bits per heavy atom. The number of amides is 2. The van der Waals surface area contributed by atoms with Gasteiger partial charge in [0.1, 0.15) is 0 Å². The van der Waals surface area contributed by atoms with Crippen LogP contribution in [0.1, 0.15) is 15.9 Å². The fraction of sp³-hybridized carbons (Fsp3) is 0.364. The van der Waals surface area contributed by atoms with Crippen LogP contribution in [0.25, 0.3) is 0 Å². The maximum absolute atomic E-state index is 12.0. The van der Waals surface area contributed by atoms with Crippen molar-refractivity contribution in [2.75, 3.05) is 19.6 Å². The van der Waals surface area contributed by atoms with Crippen LogP contribution >= 0.6 is 0 Å². The third-order valence-corrected chi connectivity index (χ3v) is 2.45. The fourth-order valence-electron chi connectivity index (χ4n) is 1.67. The van der Waals surface area contributed by atoms with Gasteiger partial charge in [-0.1, -0.05) is 0 Å². The number of aryl methyl sites for hydroxylation is 1. The monoisotopic (exact) mass is 219 g/mol. The van der Waals surface area contributed by atoms with Gasteiger partial charge in [-0.3, -0.25) is 14.6 Å². The first-order chi connectivity index (χ1) is 7.66. The summed E-state index contributed by atoms with van der Waals surface area (Å²) in [4.78, 5) is 28.7. The van der Waals surface area contributed by atoms with Crippen LogP contribution in [0.5, 0.6) is 0 Å². The first kappa shape index (κ1) is 10.6. The molecular weight excluding hydrogens is 206 g/mol. The predicted molar refractivity (Wildman–Crippen MR) is 57.9 cm³/mol. The molecule has 5 nitrogen and oxygen atoms in total. The second-order valence-corrected chi connectivity index (χ2v) is 3.83. The molecule has 0 spiro atoms. The highest BCUT2D eigenvalue weighted by molar-refractivity contribution is 5.96. The van der Waals surface area contributed by atoms with E-state index in [0.717, 1.165) is 5.56 Å². The molecule has 5 heteroatoms. The zero-order valence-corrected chi connectivity index (χ0v) is 9.06. The van der Waals surface area contributed by atoms with E-state index in [-0.39, 0.29) is 18.4 Å². The molecule has 1 saturated heterocycles. The predicted octanol–water partition coefficient (Wildman–Crippen LogP) is -0.0380. The number of aromatic nitrogens is 1.